The summed E-state index contributed by atoms with van der Waals surface area (Å²) in [4.78, 5) is 12.3. The summed E-state index contributed by atoms with van der Waals surface area (Å²) in [6, 6.07) is 13.3. The van der Waals surface area contributed by atoms with E-state index < -0.39 is 5.56 Å². The van der Waals surface area contributed by atoms with Gasteiger partial charge in [-0.3, -0.25) is 4.79 Å². The van der Waals surface area contributed by atoms with Crippen molar-refractivity contribution in [3.63, 3.8) is 0 Å². The maximum Gasteiger partial charge on any atom is 0.273 e. The summed E-state index contributed by atoms with van der Waals surface area (Å²) in [5.41, 5.74) is 1.13. The van der Waals surface area contributed by atoms with E-state index in [4.69, 9.17) is 16.3 Å². The van der Waals surface area contributed by atoms with Crippen LogP contribution in [0, 0.1) is 11.6 Å². The van der Waals surface area contributed by atoms with E-state index in [0.29, 0.717) is 0 Å². The summed E-state index contributed by atoms with van der Waals surface area (Å²) < 4.78 is 32.8. The maximum atomic E-state index is 12.9. The van der Waals surface area contributed by atoms with E-state index in [-0.39, 0.29) is 35.6 Å². The quantitative estimate of drug-likeness (QED) is 0.674. The first kappa shape index (κ1) is 17.2. The molecular formula is C19H14ClF2NO2. The van der Waals surface area contributed by atoms with Crippen LogP contribution in [-0.2, 0) is 13.2 Å². The molecule has 0 saturated carbocycles. The van der Waals surface area contributed by atoms with E-state index in [1.54, 1.807) is 36.5 Å². The van der Waals surface area contributed by atoms with Crippen molar-refractivity contribution in [2.24, 2.45) is 0 Å². The molecule has 0 fully saturated rings. The number of hydrogen-bond acceptors (Lipinski definition) is 2. The molecule has 128 valence electrons. The van der Waals surface area contributed by atoms with E-state index in [9.17, 15) is 13.6 Å². The molecule has 3 rings (SSSR count). The number of halogens is 3. The van der Waals surface area contributed by atoms with Crippen LogP contribution in [0.2, 0.25) is 5.02 Å². The summed E-state index contributed by atoms with van der Waals surface area (Å²) in [6.45, 7) is 0.443. The Morgan fingerprint density at radius 3 is 2.04 bits per heavy atom. The minimum absolute atomic E-state index is 0.0354. The molecule has 3 nitrogen and oxygen atoms in total. The normalized spacial score (nSPS) is 10.7. The average molecular weight is 362 g/mol. The highest BCUT2D eigenvalue weighted by Gasteiger charge is 2.10. The third-order valence-electron chi connectivity index (χ3n) is 3.64. The lowest BCUT2D eigenvalue weighted by atomic mass is 10.2. The highest BCUT2D eigenvalue weighted by Crippen LogP contribution is 2.21. The molecule has 25 heavy (non-hydrogen) atoms. The summed E-state index contributed by atoms with van der Waals surface area (Å²) >= 11 is 6.10. The van der Waals surface area contributed by atoms with Crippen LogP contribution >= 0.6 is 11.6 Å². The molecule has 0 saturated heterocycles. The van der Waals surface area contributed by atoms with Gasteiger partial charge in [0.2, 0.25) is 0 Å². The van der Waals surface area contributed by atoms with E-state index in [1.165, 1.54) is 28.8 Å². The van der Waals surface area contributed by atoms with Crippen molar-refractivity contribution < 1.29 is 13.5 Å². The van der Waals surface area contributed by atoms with Gasteiger partial charge in [-0.1, -0.05) is 35.9 Å². The average Bonchev–Trinajstić information content (AvgIpc) is 2.61. The number of rotatable bonds is 5. The second kappa shape index (κ2) is 7.49. The highest BCUT2D eigenvalue weighted by atomic mass is 35.5. The molecule has 0 bridgehead atoms. The van der Waals surface area contributed by atoms with Gasteiger partial charge in [-0.15, -0.1) is 0 Å². The largest absolute Gasteiger partial charge is 0.487 e. The van der Waals surface area contributed by atoms with Crippen molar-refractivity contribution in [2.75, 3.05) is 0 Å². The van der Waals surface area contributed by atoms with Gasteiger partial charge in [0.1, 0.15) is 29.0 Å². The van der Waals surface area contributed by atoms with Gasteiger partial charge in [0.15, 0.2) is 0 Å². The maximum absolute atomic E-state index is 12.9. The van der Waals surface area contributed by atoms with Crippen molar-refractivity contribution in [2.45, 2.75) is 13.2 Å². The molecule has 0 N–H and O–H groups in total. The second-order valence-corrected chi connectivity index (χ2v) is 5.85. The van der Waals surface area contributed by atoms with Gasteiger partial charge in [0, 0.05) is 6.20 Å². The van der Waals surface area contributed by atoms with Crippen LogP contribution in [0.5, 0.6) is 5.75 Å². The molecular weight excluding hydrogens is 348 g/mol. The number of benzene rings is 2. The Labute approximate surface area is 148 Å². The van der Waals surface area contributed by atoms with Crippen molar-refractivity contribution in [3.8, 4) is 5.75 Å². The molecule has 0 atom stereocenters. The molecule has 2 aromatic carbocycles. The SMILES string of the molecule is O=c1c(Cl)c(OCc2ccc(F)cc2)ccn1Cc1ccc(F)cc1. The Bertz CT molecular complexity index is 922. The van der Waals surface area contributed by atoms with Gasteiger partial charge < -0.3 is 9.30 Å². The van der Waals surface area contributed by atoms with Crippen LogP contribution in [0.4, 0.5) is 8.78 Å². The molecule has 0 aliphatic heterocycles. The van der Waals surface area contributed by atoms with Crippen LogP contribution in [0.25, 0.3) is 0 Å². The molecule has 0 aliphatic carbocycles. The first-order valence-corrected chi connectivity index (χ1v) is 7.91. The molecule has 3 aromatic rings. The van der Waals surface area contributed by atoms with Gasteiger partial charge in [0.05, 0.1) is 6.54 Å². The Morgan fingerprint density at radius 1 is 0.880 bits per heavy atom. The fraction of sp³-hybridized carbons (Fsp3) is 0.105. The molecule has 6 heteroatoms. The van der Waals surface area contributed by atoms with Crippen LogP contribution in [0.15, 0.2) is 65.6 Å². The summed E-state index contributed by atoms with van der Waals surface area (Å²) in [7, 11) is 0. The summed E-state index contributed by atoms with van der Waals surface area (Å²) in [6.07, 6.45) is 1.57. The van der Waals surface area contributed by atoms with E-state index in [2.05, 4.69) is 0 Å². The molecule has 1 heterocycles. The van der Waals surface area contributed by atoms with Crippen LogP contribution < -0.4 is 10.3 Å². The Morgan fingerprint density at radius 2 is 1.44 bits per heavy atom. The van der Waals surface area contributed by atoms with Crippen molar-refractivity contribution >= 4 is 11.6 Å². The minimum Gasteiger partial charge on any atom is -0.487 e. The van der Waals surface area contributed by atoms with Crippen LogP contribution in [0.1, 0.15) is 11.1 Å². The van der Waals surface area contributed by atoms with Crippen molar-refractivity contribution in [1.82, 2.24) is 4.57 Å². The molecule has 0 aliphatic rings. The predicted molar refractivity (Wildman–Crippen MR) is 91.9 cm³/mol. The second-order valence-electron chi connectivity index (χ2n) is 5.47. The van der Waals surface area contributed by atoms with E-state index in [1.807, 2.05) is 0 Å². The Balaban J connectivity index is 1.74. The lowest BCUT2D eigenvalue weighted by Gasteiger charge is -2.11. The van der Waals surface area contributed by atoms with Gasteiger partial charge in [-0.2, -0.15) is 0 Å². The predicted octanol–water partition coefficient (Wildman–Crippen LogP) is 4.41. The van der Waals surface area contributed by atoms with Gasteiger partial charge in [0.25, 0.3) is 5.56 Å². The Kier molecular flexibility index (Phi) is 5.14. The van der Waals surface area contributed by atoms with Crippen LogP contribution in [0.3, 0.4) is 0 Å². The standard InChI is InChI=1S/C19H14ClF2NO2/c20-18-17(25-12-14-3-7-16(22)8-4-14)9-10-23(19(18)24)11-13-1-5-15(21)6-2-13/h1-10H,11-12H2. The highest BCUT2D eigenvalue weighted by molar-refractivity contribution is 6.31. The molecule has 0 spiro atoms. The molecule has 0 unspecified atom stereocenters. The zero-order valence-electron chi connectivity index (χ0n) is 13.1. The molecule has 0 radical (unpaired) electrons. The lowest BCUT2D eigenvalue weighted by molar-refractivity contribution is 0.305. The van der Waals surface area contributed by atoms with Crippen molar-refractivity contribution in [3.05, 3.63) is 98.9 Å². The number of hydrogen-bond donors (Lipinski definition) is 0. The summed E-state index contributed by atoms with van der Waals surface area (Å²) in [5.74, 6) is -0.407. The fourth-order valence-electron chi connectivity index (χ4n) is 2.29. The van der Waals surface area contributed by atoms with Gasteiger partial charge in [-0.05, 0) is 41.5 Å². The number of nitrogens with zero attached hydrogens (tertiary/aromatic N) is 1. The van der Waals surface area contributed by atoms with Crippen molar-refractivity contribution in [1.29, 1.82) is 0 Å². The smallest absolute Gasteiger partial charge is 0.273 e. The number of aromatic nitrogens is 1. The molecule has 0 amide bonds. The van der Waals surface area contributed by atoms with E-state index in [0.717, 1.165) is 11.1 Å². The van der Waals surface area contributed by atoms with Gasteiger partial charge in [-0.25, -0.2) is 8.78 Å². The first-order valence-electron chi connectivity index (χ1n) is 7.53. The Hall–Kier alpha value is -2.66. The van der Waals surface area contributed by atoms with E-state index >= 15 is 0 Å². The minimum atomic E-state index is -0.400. The third-order valence-corrected chi connectivity index (χ3v) is 3.99. The molecule has 1 aromatic heterocycles. The number of ether oxygens (including phenoxy) is 1. The lowest BCUT2D eigenvalue weighted by Crippen LogP contribution is -2.21. The number of pyridine rings is 1. The summed E-state index contributed by atoms with van der Waals surface area (Å²) in [5, 5.41) is -0.0354. The topological polar surface area (TPSA) is 31.2 Å². The van der Waals surface area contributed by atoms with Gasteiger partial charge >= 0.3 is 0 Å². The first-order chi connectivity index (χ1) is 12.0. The van der Waals surface area contributed by atoms with Crippen LogP contribution in [-0.4, -0.2) is 4.57 Å². The zero-order valence-corrected chi connectivity index (χ0v) is 13.8. The fourth-order valence-corrected chi connectivity index (χ4v) is 2.52. The monoisotopic (exact) mass is 361 g/mol. The zero-order chi connectivity index (χ0) is 17.8. The third kappa shape index (κ3) is 4.25.